The van der Waals surface area contributed by atoms with Crippen LogP contribution in [0.15, 0.2) is 48.5 Å². The highest BCUT2D eigenvalue weighted by molar-refractivity contribution is 6.05. The van der Waals surface area contributed by atoms with E-state index in [4.69, 9.17) is 9.72 Å². The second kappa shape index (κ2) is 11.1. The van der Waals surface area contributed by atoms with Gasteiger partial charge in [-0.25, -0.2) is 0 Å². The van der Waals surface area contributed by atoms with Gasteiger partial charge in [-0.3, -0.25) is 29.6 Å². The van der Waals surface area contributed by atoms with Gasteiger partial charge in [-0.1, -0.05) is 18.6 Å². The summed E-state index contributed by atoms with van der Waals surface area (Å²) in [6.07, 6.45) is 5.22. The number of ether oxygens (including phenoxy) is 1. The van der Waals surface area contributed by atoms with Gasteiger partial charge in [0.2, 0.25) is 11.8 Å². The molecule has 1 saturated carbocycles. The Labute approximate surface area is 244 Å². The molecule has 3 amide bonds. The zero-order valence-corrected chi connectivity index (χ0v) is 23.6. The molecule has 3 aliphatic heterocycles. The minimum absolute atomic E-state index is 0.0573. The molecule has 4 aliphatic rings. The van der Waals surface area contributed by atoms with Crippen molar-refractivity contribution >= 4 is 28.6 Å². The molecule has 2 saturated heterocycles. The van der Waals surface area contributed by atoms with E-state index in [0.29, 0.717) is 24.4 Å². The summed E-state index contributed by atoms with van der Waals surface area (Å²) in [5.74, 6) is 0.214. The second-order valence-electron chi connectivity index (χ2n) is 12.3. The number of aromatic nitrogens is 1. The molecule has 1 aromatic heterocycles. The second-order valence-corrected chi connectivity index (χ2v) is 12.3. The number of likely N-dealkylation sites (tertiary alicyclic amines) is 1. The zero-order chi connectivity index (χ0) is 28.8. The SMILES string of the molecule is O=C1CCC(N2Cc3cc(OC4CCN(Cc5ccc6nc([C@@H]7CCC[C@@H](O)C7)ccc6c5)C4)ccc3C2=O)C(=O)N1. The molecule has 3 aromatic rings. The minimum atomic E-state index is -0.616. The summed E-state index contributed by atoms with van der Waals surface area (Å²) in [6, 6.07) is 15.7. The predicted molar refractivity (Wildman–Crippen MR) is 156 cm³/mol. The molecule has 42 heavy (non-hydrogen) atoms. The van der Waals surface area contributed by atoms with Crippen LogP contribution in [-0.4, -0.2) is 69.0 Å². The Hall–Kier alpha value is -3.82. The minimum Gasteiger partial charge on any atom is -0.489 e. The maximum atomic E-state index is 13.0. The van der Waals surface area contributed by atoms with Gasteiger partial charge in [0.1, 0.15) is 17.9 Å². The third kappa shape index (κ3) is 5.39. The first-order valence-corrected chi connectivity index (χ1v) is 15.1. The molecule has 4 atom stereocenters. The topological polar surface area (TPSA) is 112 Å². The maximum absolute atomic E-state index is 13.0. The van der Waals surface area contributed by atoms with Crippen LogP contribution >= 0.6 is 0 Å². The van der Waals surface area contributed by atoms with Gasteiger partial charge in [0.05, 0.1) is 11.6 Å². The van der Waals surface area contributed by atoms with Gasteiger partial charge >= 0.3 is 0 Å². The van der Waals surface area contributed by atoms with Crippen molar-refractivity contribution in [3.8, 4) is 5.75 Å². The van der Waals surface area contributed by atoms with Crippen molar-refractivity contribution in [1.82, 2.24) is 20.1 Å². The third-order valence-corrected chi connectivity index (χ3v) is 9.27. The predicted octanol–water partition coefficient (Wildman–Crippen LogP) is 3.67. The Morgan fingerprint density at radius 1 is 1.00 bits per heavy atom. The van der Waals surface area contributed by atoms with Crippen LogP contribution in [0.25, 0.3) is 10.9 Å². The number of carbonyl (C=O) groups excluding carboxylic acids is 3. The van der Waals surface area contributed by atoms with Crippen LogP contribution in [0.4, 0.5) is 0 Å². The van der Waals surface area contributed by atoms with Gasteiger partial charge in [-0.15, -0.1) is 0 Å². The molecule has 0 radical (unpaired) electrons. The number of nitrogens with zero attached hydrogens (tertiary/aromatic N) is 3. The Bertz CT molecular complexity index is 1560. The average molecular weight is 569 g/mol. The fraction of sp³-hybridized carbons (Fsp3) is 0.455. The number of benzene rings is 2. The van der Waals surface area contributed by atoms with Crippen LogP contribution in [0, 0.1) is 0 Å². The van der Waals surface area contributed by atoms with Gasteiger partial charge in [-0.05, 0) is 79.6 Å². The van der Waals surface area contributed by atoms with Crippen molar-refractivity contribution in [2.45, 2.75) is 82.2 Å². The van der Waals surface area contributed by atoms with Crippen molar-refractivity contribution in [2.24, 2.45) is 0 Å². The van der Waals surface area contributed by atoms with E-state index >= 15 is 0 Å². The highest BCUT2D eigenvalue weighted by Crippen LogP contribution is 2.34. The first-order valence-electron chi connectivity index (χ1n) is 15.1. The molecule has 2 unspecified atom stereocenters. The molecule has 9 heteroatoms. The normalized spacial score (nSPS) is 26.5. The number of hydrogen-bond acceptors (Lipinski definition) is 7. The summed E-state index contributed by atoms with van der Waals surface area (Å²) in [5, 5.41) is 13.6. The lowest BCUT2D eigenvalue weighted by molar-refractivity contribution is -0.136. The summed E-state index contributed by atoms with van der Waals surface area (Å²) >= 11 is 0. The van der Waals surface area contributed by atoms with Crippen LogP contribution in [0.1, 0.15) is 78.0 Å². The average Bonchev–Trinajstić information content (AvgIpc) is 3.55. The van der Waals surface area contributed by atoms with Crippen LogP contribution in [0.5, 0.6) is 5.75 Å². The van der Waals surface area contributed by atoms with Crippen molar-refractivity contribution in [3.63, 3.8) is 0 Å². The molecule has 3 fully saturated rings. The number of amides is 3. The third-order valence-electron chi connectivity index (χ3n) is 9.27. The number of aliphatic hydroxyl groups is 1. The lowest BCUT2D eigenvalue weighted by Crippen LogP contribution is -2.52. The van der Waals surface area contributed by atoms with E-state index in [-0.39, 0.29) is 30.4 Å². The van der Waals surface area contributed by atoms with Gasteiger partial charge in [0.15, 0.2) is 0 Å². The number of rotatable bonds is 6. The summed E-state index contributed by atoms with van der Waals surface area (Å²) < 4.78 is 6.34. The summed E-state index contributed by atoms with van der Waals surface area (Å²) in [5.41, 5.74) is 4.78. The van der Waals surface area contributed by atoms with E-state index in [1.807, 2.05) is 12.1 Å². The van der Waals surface area contributed by atoms with Gasteiger partial charge in [0.25, 0.3) is 5.91 Å². The summed E-state index contributed by atoms with van der Waals surface area (Å²) in [6.45, 7) is 2.94. The first-order chi connectivity index (χ1) is 20.4. The van der Waals surface area contributed by atoms with Crippen molar-refractivity contribution < 1.29 is 24.2 Å². The molecule has 218 valence electrons. The van der Waals surface area contributed by atoms with E-state index in [2.05, 4.69) is 40.5 Å². The van der Waals surface area contributed by atoms with Crippen LogP contribution in [-0.2, 0) is 22.7 Å². The Morgan fingerprint density at radius 3 is 2.76 bits per heavy atom. The van der Waals surface area contributed by atoms with Crippen molar-refractivity contribution in [2.75, 3.05) is 13.1 Å². The molecule has 4 heterocycles. The number of aliphatic hydroxyl groups excluding tert-OH is 1. The van der Waals surface area contributed by atoms with E-state index < -0.39 is 11.9 Å². The smallest absolute Gasteiger partial charge is 0.255 e. The molecule has 1 aliphatic carbocycles. The lowest BCUT2D eigenvalue weighted by Gasteiger charge is -2.29. The zero-order valence-electron chi connectivity index (χ0n) is 23.6. The van der Waals surface area contributed by atoms with Gasteiger partial charge in [-0.2, -0.15) is 0 Å². The number of hydrogen-bond donors (Lipinski definition) is 2. The van der Waals surface area contributed by atoms with E-state index in [0.717, 1.165) is 79.6 Å². The maximum Gasteiger partial charge on any atom is 0.255 e. The monoisotopic (exact) mass is 568 g/mol. The Balaban J connectivity index is 0.957. The molecule has 7 rings (SSSR count). The van der Waals surface area contributed by atoms with Gasteiger partial charge < -0.3 is 14.7 Å². The summed E-state index contributed by atoms with van der Waals surface area (Å²) in [7, 11) is 0. The molecule has 9 nitrogen and oxygen atoms in total. The van der Waals surface area contributed by atoms with Crippen LogP contribution in [0.3, 0.4) is 0 Å². The molecular weight excluding hydrogens is 532 g/mol. The highest BCUT2D eigenvalue weighted by Gasteiger charge is 2.39. The molecule has 0 bridgehead atoms. The number of piperidine rings is 1. The molecule has 2 N–H and O–H groups in total. The molecule has 0 spiro atoms. The number of carbonyl (C=O) groups is 3. The fourth-order valence-corrected chi connectivity index (χ4v) is 7.06. The first kappa shape index (κ1) is 27.0. The number of imide groups is 1. The largest absolute Gasteiger partial charge is 0.489 e. The standard InChI is InChI=1S/C33H36N4O5/c38-24-3-1-2-21(15-24)29-9-5-22-14-20(4-8-28(22)34-29)17-36-13-12-26(19-36)42-25-6-7-27-23(16-25)18-37(33(27)41)30-10-11-31(39)35-32(30)40/h4-9,14,16,21,24,26,30,38H,1-3,10-13,15,17-19H2,(H,35,39,40)/t21-,24-,26?,30?/m1/s1. The number of fused-ring (bicyclic) bond motifs is 2. The Kier molecular flexibility index (Phi) is 7.15. The number of nitrogens with one attached hydrogen (secondary N) is 1. The van der Waals surface area contributed by atoms with Crippen molar-refractivity contribution in [1.29, 1.82) is 0 Å². The fourth-order valence-electron chi connectivity index (χ4n) is 7.06. The van der Waals surface area contributed by atoms with Crippen LogP contribution < -0.4 is 10.1 Å². The van der Waals surface area contributed by atoms with Crippen LogP contribution in [0.2, 0.25) is 0 Å². The van der Waals surface area contributed by atoms with Crippen molar-refractivity contribution in [3.05, 3.63) is 70.9 Å². The Morgan fingerprint density at radius 2 is 1.90 bits per heavy atom. The lowest BCUT2D eigenvalue weighted by atomic mass is 9.85. The molecular formula is C33H36N4O5. The summed E-state index contributed by atoms with van der Waals surface area (Å²) in [4.78, 5) is 45.7. The molecule has 2 aromatic carbocycles. The van der Waals surface area contributed by atoms with Gasteiger partial charge in [0, 0.05) is 55.2 Å². The van der Waals surface area contributed by atoms with E-state index in [9.17, 15) is 19.5 Å². The van der Waals surface area contributed by atoms with E-state index in [1.54, 1.807) is 11.0 Å². The van der Waals surface area contributed by atoms with E-state index in [1.165, 1.54) is 5.56 Å². The quantitative estimate of drug-likeness (QED) is 0.437. The highest BCUT2D eigenvalue weighted by atomic mass is 16.5. The number of pyridine rings is 1.